The van der Waals surface area contributed by atoms with Crippen LogP contribution in [0.25, 0.3) is 0 Å². The molecule has 1 unspecified atom stereocenters. The summed E-state index contributed by atoms with van der Waals surface area (Å²) in [6, 6.07) is 0. The third-order valence-corrected chi connectivity index (χ3v) is 2.02. The van der Waals surface area contributed by atoms with Gasteiger partial charge >= 0.3 is 0 Å². The van der Waals surface area contributed by atoms with Gasteiger partial charge in [-0.05, 0) is 19.8 Å². The van der Waals surface area contributed by atoms with Gasteiger partial charge in [-0.15, -0.1) is 0 Å². The standard InChI is InChI=1S/C11H21NO2/c1-4-5-6-7-8-10(13)12-11(14)9(2)3/h10,13H,2,4-8H2,1,3H3,(H,12,14). The molecule has 3 nitrogen and oxygen atoms in total. The average Bonchev–Trinajstić information content (AvgIpc) is 2.12. The number of hydrogen-bond acceptors (Lipinski definition) is 2. The van der Waals surface area contributed by atoms with Gasteiger partial charge < -0.3 is 10.4 Å². The molecule has 0 heterocycles. The number of nitrogens with one attached hydrogen (secondary N) is 1. The van der Waals surface area contributed by atoms with Gasteiger partial charge in [0, 0.05) is 5.57 Å². The highest BCUT2D eigenvalue weighted by atomic mass is 16.3. The molecule has 0 aromatic carbocycles. The number of carbonyl (C=O) groups is 1. The quantitative estimate of drug-likeness (QED) is 0.374. The third kappa shape index (κ3) is 6.66. The Labute approximate surface area is 86.2 Å². The van der Waals surface area contributed by atoms with Crippen LogP contribution in [0.3, 0.4) is 0 Å². The number of carbonyl (C=O) groups excluding carboxylic acids is 1. The molecule has 3 heteroatoms. The highest BCUT2D eigenvalue weighted by molar-refractivity contribution is 5.92. The van der Waals surface area contributed by atoms with Crippen LogP contribution in [0.4, 0.5) is 0 Å². The minimum atomic E-state index is -0.726. The molecular weight excluding hydrogens is 178 g/mol. The molecule has 0 bridgehead atoms. The lowest BCUT2D eigenvalue weighted by atomic mass is 10.1. The van der Waals surface area contributed by atoms with Gasteiger partial charge in [0.05, 0.1) is 0 Å². The van der Waals surface area contributed by atoms with Gasteiger partial charge in [0.2, 0.25) is 5.91 Å². The van der Waals surface area contributed by atoms with E-state index in [1.54, 1.807) is 6.92 Å². The van der Waals surface area contributed by atoms with E-state index in [1.165, 1.54) is 12.8 Å². The largest absolute Gasteiger partial charge is 0.374 e. The van der Waals surface area contributed by atoms with Gasteiger partial charge in [-0.25, -0.2) is 0 Å². The number of hydrogen-bond donors (Lipinski definition) is 2. The maximum atomic E-state index is 11.1. The predicted octanol–water partition coefficient (Wildman–Crippen LogP) is 1.97. The van der Waals surface area contributed by atoms with Gasteiger partial charge in [0.15, 0.2) is 0 Å². The van der Waals surface area contributed by atoms with Crippen LogP contribution in [0.5, 0.6) is 0 Å². The fourth-order valence-corrected chi connectivity index (χ4v) is 1.11. The Morgan fingerprint density at radius 2 is 2.07 bits per heavy atom. The van der Waals surface area contributed by atoms with Gasteiger partial charge in [-0.1, -0.05) is 32.8 Å². The molecule has 2 N–H and O–H groups in total. The molecule has 1 atom stereocenters. The molecule has 0 aromatic heterocycles. The maximum absolute atomic E-state index is 11.1. The van der Waals surface area contributed by atoms with Crippen molar-refractivity contribution in [2.45, 2.75) is 52.2 Å². The van der Waals surface area contributed by atoms with Crippen LogP contribution < -0.4 is 5.32 Å². The summed E-state index contributed by atoms with van der Waals surface area (Å²) in [5.74, 6) is -0.270. The number of amides is 1. The molecule has 0 aliphatic heterocycles. The smallest absolute Gasteiger partial charge is 0.248 e. The first kappa shape index (κ1) is 13.2. The summed E-state index contributed by atoms with van der Waals surface area (Å²) in [6.45, 7) is 7.26. The molecule has 0 aliphatic rings. The summed E-state index contributed by atoms with van der Waals surface area (Å²) in [4.78, 5) is 11.1. The average molecular weight is 199 g/mol. The monoisotopic (exact) mass is 199 g/mol. The van der Waals surface area contributed by atoms with Crippen molar-refractivity contribution < 1.29 is 9.90 Å². The fourth-order valence-electron chi connectivity index (χ4n) is 1.11. The van der Waals surface area contributed by atoms with E-state index in [9.17, 15) is 9.90 Å². The summed E-state index contributed by atoms with van der Waals surface area (Å²) >= 11 is 0. The zero-order chi connectivity index (χ0) is 11.0. The molecule has 0 fully saturated rings. The highest BCUT2D eigenvalue weighted by Gasteiger charge is 2.07. The Balaban J connectivity index is 3.50. The molecule has 0 spiro atoms. The Morgan fingerprint density at radius 1 is 1.43 bits per heavy atom. The summed E-state index contributed by atoms with van der Waals surface area (Å²) in [5.41, 5.74) is 0.428. The summed E-state index contributed by atoms with van der Waals surface area (Å²) in [5, 5.41) is 11.9. The van der Waals surface area contributed by atoms with Crippen molar-refractivity contribution in [3.8, 4) is 0 Å². The van der Waals surface area contributed by atoms with E-state index in [0.717, 1.165) is 12.8 Å². The van der Waals surface area contributed by atoms with Crippen LogP contribution in [0.2, 0.25) is 0 Å². The van der Waals surface area contributed by atoms with Crippen molar-refractivity contribution in [1.82, 2.24) is 5.32 Å². The molecule has 0 saturated carbocycles. The second-order valence-corrected chi connectivity index (χ2v) is 3.62. The van der Waals surface area contributed by atoms with E-state index in [-0.39, 0.29) is 5.91 Å². The molecule has 1 amide bonds. The van der Waals surface area contributed by atoms with E-state index in [4.69, 9.17) is 0 Å². The Hall–Kier alpha value is -0.830. The minimum absolute atomic E-state index is 0.270. The second kappa shape index (κ2) is 7.56. The van der Waals surface area contributed by atoms with Gasteiger partial charge in [-0.2, -0.15) is 0 Å². The van der Waals surface area contributed by atoms with Crippen molar-refractivity contribution >= 4 is 5.91 Å². The van der Waals surface area contributed by atoms with Crippen LogP contribution in [0.15, 0.2) is 12.2 Å². The van der Waals surface area contributed by atoms with E-state index >= 15 is 0 Å². The fraction of sp³-hybridized carbons (Fsp3) is 0.727. The Kier molecular flexibility index (Phi) is 7.11. The lowest BCUT2D eigenvalue weighted by Gasteiger charge is -2.12. The number of aliphatic hydroxyl groups is 1. The second-order valence-electron chi connectivity index (χ2n) is 3.62. The van der Waals surface area contributed by atoms with Crippen LogP contribution in [-0.4, -0.2) is 17.2 Å². The summed E-state index contributed by atoms with van der Waals surface area (Å²) in [7, 11) is 0. The lowest BCUT2D eigenvalue weighted by Crippen LogP contribution is -2.34. The van der Waals surface area contributed by atoms with E-state index in [0.29, 0.717) is 12.0 Å². The molecule has 82 valence electrons. The van der Waals surface area contributed by atoms with E-state index in [2.05, 4.69) is 18.8 Å². The van der Waals surface area contributed by atoms with Gasteiger partial charge in [-0.3, -0.25) is 4.79 Å². The van der Waals surface area contributed by atoms with Crippen molar-refractivity contribution in [1.29, 1.82) is 0 Å². The molecule has 14 heavy (non-hydrogen) atoms. The third-order valence-electron chi connectivity index (χ3n) is 2.02. The lowest BCUT2D eigenvalue weighted by molar-refractivity contribution is -0.120. The van der Waals surface area contributed by atoms with Crippen LogP contribution >= 0.6 is 0 Å². The SMILES string of the molecule is C=C(C)C(=O)NC(O)CCCCCC. The number of unbranched alkanes of at least 4 members (excludes halogenated alkanes) is 3. The number of aliphatic hydroxyl groups excluding tert-OH is 1. The normalized spacial score (nSPS) is 12.2. The molecular formula is C11H21NO2. The van der Waals surface area contributed by atoms with E-state index in [1.807, 2.05) is 0 Å². The molecule has 0 rings (SSSR count). The molecule has 0 radical (unpaired) electrons. The highest BCUT2D eigenvalue weighted by Crippen LogP contribution is 2.04. The zero-order valence-electron chi connectivity index (χ0n) is 9.18. The molecule has 0 saturated heterocycles. The van der Waals surface area contributed by atoms with Crippen LogP contribution in [-0.2, 0) is 4.79 Å². The molecule has 0 aromatic rings. The summed E-state index contributed by atoms with van der Waals surface area (Å²) in [6.07, 6.45) is 4.31. The Bertz CT molecular complexity index is 190. The first-order chi connectivity index (χ1) is 6.57. The van der Waals surface area contributed by atoms with Crippen molar-refractivity contribution in [3.05, 3.63) is 12.2 Å². The summed E-state index contributed by atoms with van der Waals surface area (Å²) < 4.78 is 0. The first-order valence-corrected chi connectivity index (χ1v) is 5.22. The van der Waals surface area contributed by atoms with Crippen LogP contribution in [0.1, 0.15) is 46.0 Å². The van der Waals surface area contributed by atoms with E-state index < -0.39 is 6.23 Å². The van der Waals surface area contributed by atoms with Crippen molar-refractivity contribution in [3.63, 3.8) is 0 Å². The topological polar surface area (TPSA) is 49.3 Å². The van der Waals surface area contributed by atoms with Crippen molar-refractivity contribution in [2.75, 3.05) is 0 Å². The van der Waals surface area contributed by atoms with Crippen LogP contribution in [0, 0.1) is 0 Å². The number of rotatable bonds is 7. The zero-order valence-corrected chi connectivity index (χ0v) is 9.18. The van der Waals surface area contributed by atoms with Crippen molar-refractivity contribution in [2.24, 2.45) is 0 Å². The Morgan fingerprint density at radius 3 is 2.57 bits per heavy atom. The molecule has 0 aliphatic carbocycles. The maximum Gasteiger partial charge on any atom is 0.248 e. The predicted molar refractivity (Wildman–Crippen MR) is 57.7 cm³/mol. The minimum Gasteiger partial charge on any atom is -0.374 e. The first-order valence-electron chi connectivity index (χ1n) is 5.22. The van der Waals surface area contributed by atoms with Gasteiger partial charge in [0.1, 0.15) is 6.23 Å². The van der Waals surface area contributed by atoms with Gasteiger partial charge in [0.25, 0.3) is 0 Å².